The van der Waals surface area contributed by atoms with E-state index >= 15 is 0 Å². The SMILES string of the molecule is [2H]C([2H])([2H])N(C(=O)c1cccc(N2CCO[C@H]([C@@H](O)C(=O)OC(C)(C)C)C2=O)c1)C([2H])([2H])[2H]. The summed E-state index contributed by atoms with van der Waals surface area (Å²) in [6.45, 7) is -1.71. The van der Waals surface area contributed by atoms with Crippen LogP contribution in [0.5, 0.6) is 0 Å². The van der Waals surface area contributed by atoms with Crippen LogP contribution in [-0.2, 0) is 19.1 Å². The predicted molar refractivity (Wildman–Crippen MR) is 98.4 cm³/mol. The predicted octanol–water partition coefficient (Wildman–Crippen LogP) is 0.823. The Bertz CT molecular complexity index is 897. The van der Waals surface area contributed by atoms with E-state index < -0.39 is 49.5 Å². The lowest BCUT2D eigenvalue weighted by Crippen LogP contribution is -2.55. The third-order valence-electron chi connectivity index (χ3n) is 3.66. The number of aliphatic hydroxyl groups is 1. The number of rotatable bonds is 4. The number of morpholine rings is 1. The number of ether oxygens (including phenoxy) is 2. The van der Waals surface area contributed by atoms with Gasteiger partial charge in [0.05, 0.1) is 6.61 Å². The zero-order valence-corrected chi connectivity index (χ0v) is 15.3. The highest BCUT2D eigenvalue weighted by atomic mass is 16.6. The van der Waals surface area contributed by atoms with Gasteiger partial charge in [0.1, 0.15) is 5.60 Å². The van der Waals surface area contributed by atoms with E-state index in [2.05, 4.69) is 0 Å². The van der Waals surface area contributed by atoms with Crippen molar-refractivity contribution in [2.75, 3.05) is 32.0 Å². The van der Waals surface area contributed by atoms with Crippen molar-refractivity contribution in [3.8, 4) is 0 Å². The summed E-state index contributed by atoms with van der Waals surface area (Å²) in [5.74, 6) is -3.10. The van der Waals surface area contributed by atoms with Crippen molar-refractivity contribution in [2.24, 2.45) is 0 Å². The number of carbonyl (C=O) groups excluding carboxylic acids is 3. The molecule has 0 aliphatic carbocycles. The molecule has 148 valence electrons. The number of nitrogens with zero attached hydrogens (tertiary/aromatic N) is 2. The van der Waals surface area contributed by atoms with Crippen LogP contribution in [0.15, 0.2) is 24.3 Å². The first-order chi connectivity index (χ1) is 14.9. The van der Waals surface area contributed by atoms with Crippen LogP contribution in [0, 0.1) is 0 Å². The minimum absolute atomic E-state index is 0.0102. The number of amides is 2. The molecule has 2 amide bonds. The fraction of sp³-hybridized carbons (Fsp3) is 0.526. The van der Waals surface area contributed by atoms with Crippen molar-refractivity contribution >= 4 is 23.5 Å². The van der Waals surface area contributed by atoms with Crippen LogP contribution >= 0.6 is 0 Å². The van der Waals surface area contributed by atoms with Crippen LogP contribution in [0.3, 0.4) is 0 Å². The Morgan fingerprint density at radius 1 is 1.41 bits per heavy atom. The Morgan fingerprint density at radius 3 is 2.74 bits per heavy atom. The highest BCUT2D eigenvalue weighted by molar-refractivity contribution is 6.02. The summed E-state index contributed by atoms with van der Waals surface area (Å²) in [7, 11) is 0. The van der Waals surface area contributed by atoms with Gasteiger partial charge in [-0.25, -0.2) is 4.79 Å². The average Bonchev–Trinajstić information content (AvgIpc) is 2.64. The van der Waals surface area contributed by atoms with E-state index in [4.69, 9.17) is 17.7 Å². The van der Waals surface area contributed by atoms with Crippen molar-refractivity contribution in [3.63, 3.8) is 0 Å². The highest BCUT2D eigenvalue weighted by Crippen LogP contribution is 2.23. The van der Waals surface area contributed by atoms with Crippen LogP contribution in [0.4, 0.5) is 5.69 Å². The minimum Gasteiger partial charge on any atom is -0.458 e. The molecule has 2 atom stereocenters. The molecule has 0 saturated carbocycles. The average molecular weight is 384 g/mol. The lowest BCUT2D eigenvalue weighted by Gasteiger charge is -2.34. The maximum atomic E-state index is 12.9. The zero-order valence-electron chi connectivity index (χ0n) is 21.3. The number of benzene rings is 1. The van der Waals surface area contributed by atoms with Crippen molar-refractivity contribution in [2.45, 2.75) is 38.6 Å². The molecule has 0 aromatic heterocycles. The van der Waals surface area contributed by atoms with Gasteiger partial charge < -0.3 is 24.4 Å². The van der Waals surface area contributed by atoms with E-state index in [0.29, 0.717) is 0 Å². The van der Waals surface area contributed by atoms with Crippen molar-refractivity contribution in [1.29, 1.82) is 0 Å². The van der Waals surface area contributed by atoms with Gasteiger partial charge >= 0.3 is 5.97 Å². The molecule has 1 aliphatic heterocycles. The van der Waals surface area contributed by atoms with Gasteiger partial charge in [-0.05, 0) is 39.0 Å². The molecule has 1 heterocycles. The monoisotopic (exact) mass is 384 g/mol. The topological polar surface area (TPSA) is 96.4 Å². The smallest absolute Gasteiger partial charge is 0.338 e. The summed E-state index contributed by atoms with van der Waals surface area (Å²) in [6.07, 6.45) is -3.46. The van der Waals surface area contributed by atoms with E-state index in [1.807, 2.05) is 0 Å². The maximum absolute atomic E-state index is 12.9. The number of carbonyl (C=O) groups is 3. The Kier molecular flexibility index (Phi) is 4.08. The Morgan fingerprint density at radius 2 is 2.11 bits per heavy atom. The van der Waals surface area contributed by atoms with Gasteiger partial charge in [-0.15, -0.1) is 0 Å². The summed E-state index contributed by atoms with van der Waals surface area (Å²) >= 11 is 0. The van der Waals surface area contributed by atoms with E-state index in [9.17, 15) is 19.5 Å². The molecule has 1 aliphatic rings. The lowest BCUT2D eigenvalue weighted by atomic mass is 10.1. The minimum atomic E-state index is -3.23. The summed E-state index contributed by atoms with van der Waals surface area (Å²) < 4.78 is 54.8. The van der Waals surface area contributed by atoms with E-state index in [1.54, 1.807) is 20.8 Å². The van der Waals surface area contributed by atoms with E-state index in [-0.39, 0.29) is 29.3 Å². The largest absolute Gasteiger partial charge is 0.458 e. The van der Waals surface area contributed by atoms with Gasteiger partial charge in [0.15, 0.2) is 12.2 Å². The van der Waals surface area contributed by atoms with Crippen LogP contribution in [0.2, 0.25) is 0 Å². The molecule has 1 fully saturated rings. The Hall–Kier alpha value is -2.45. The van der Waals surface area contributed by atoms with E-state index in [0.717, 1.165) is 11.0 Å². The molecular formula is C19H26N2O6. The van der Waals surface area contributed by atoms with Crippen LogP contribution in [0.1, 0.15) is 39.4 Å². The summed E-state index contributed by atoms with van der Waals surface area (Å²) in [5, 5.41) is 10.3. The van der Waals surface area contributed by atoms with Crippen molar-refractivity contribution in [1.82, 2.24) is 4.90 Å². The molecule has 2 rings (SSSR count). The molecule has 0 radical (unpaired) electrons. The van der Waals surface area contributed by atoms with Gasteiger partial charge in [0.2, 0.25) is 0 Å². The first-order valence-corrected chi connectivity index (χ1v) is 8.22. The second-order valence-corrected chi connectivity index (χ2v) is 6.95. The second-order valence-electron chi connectivity index (χ2n) is 6.95. The molecule has 0 bridgehead atoms. The molecule has 8 nitrogen and oxygen atoms in total. The third-order valence-corrected chi connectivity index (χ3v) is 3.66. The van der Waals surface area contributed by atoms with E-state index in [1.165, 1.54) is 18.2 Å². The molecular weight excluding hydrogens is 352 g/mol. The number of hydrogen-bond acceptors (Lipinski definition) is 6. The number of anilines is 1. The standard InChI is InChI=1S/C19H26N2O6/c1-19(2,3)27-18(25)14(22)15-17(24)21(9-10-26-15)13-8-6-7-12(11-13)16(23)20(4)5/h6-8,11,14-15,22H,9-10H2,1-5H3/t14-,15-/m1/s1/i4D3,5D3. The number of aliphatic hydroxyl groups excluding tert-OH is 1. The molecule has 1 N–H and O–H groups in total. The molecule has 0 unspecified atom stereocenters. The van der Waals surface area contributed by atoms with Gasteiger partial charge in [-0.3, -0.25) is 9.59 Å². The summed E-state index contributed by atoms with van der Waals surface area (Å²) in [4.78, 5) is 38.8. The number of esters is 1. The first kappa shape index (κ1) is 13.7. The molecule has 1 aromatic rings. The van der Waals surface area contributed by atoms with Gasteiger partial charge in [0, 0.05) is 40.0 Å². The maximum Gasteiger partial charge on any atom is 0.338 e. The van der Waals surface area contributed by atoms with Gasteiger partial charge in [-0.1, -0.05) is 6.07 Å². The van der Waals surface area contributed by atoms with Crippen molar-refractivity contribution < 1.29 is 37.2 Å². The molecule has 1 saturated heterocycles. The summed E-state index contributed by atoms with van der Waals surface area (Å²) in [6, 6.07) is 5.16. The second kappa shape index (κ2) is 8.06. The highest BCUT2D eigenvalue weighted by Gasteiger charge is 2.41. The van der Waals surface area contributed by atoms with Crippen molar-refractivity contribution in [3.05, 3.63) is 29.8 Å². The van der Waals surface area contributed by atoms with Gasteiger partial charge in [0.25, 0.3) is 11.8 Å². The third kappa shape index (κ3) is 5.05. The fourth-order valence-corrected chi connectivity index (χ4v) is 2.51. The lowest BCUT2D eigenvalue weighted by molar-refractivity contribution is -0.177. The van der Waals surface area contributed by atoms with Gasteiger partial charge in [-0.2, -0.15) is 0 Å². The zero-order chi connectivity index (χ0) is 25.4. The molecule has 1 aromatic carbocycles. The molecule has 27 heavy (non-hydrogen) atoms. The fourth-order valence-electron chi connectivity index (χ4n) is 2.51. The normalized spacial score (nSPS) is 23.0. The summed E-state index contributed by atoms with van der Waals surface area (Å²) in [5.41, 5.74) is -1.04. The molecule has 0 spiro atoms. The van der Waals surface area contributed by atoms with Crippen LogP contribution in [-0.4, -0.2) is 72.7 Å². The number of hydrogen-bond donors (Lipinski definition) is 1. The molecule has 8 heteroatoms. The Balaban J connectivity index is 2.31. The van der Waals surface area contributed by atoms with Crippen LogP contribution < -0.4 is 4.90 Å². The van der Waals surface area contributed by atoms with Crippen LogP contribution in [0.25, 0.3) is 0 Å². The Labute approximate surface area is 167 Å². The quantitative estimate of drug-likeness (QED) is 0.772. The first-order valence-electron chi connectivity index (χ1n) is 11.2.